The monoisotopic (exact) mass is 443 g/mol. The van der Waals surface area contributed by atoms with Crippen molar-refractivity contribution in [3.63, 3.8) is 0 Å². The predicted octanol–water partition coefficient (Wildman–Crippen LogP) is 4.86. The first-order valence-corrected chi connectivity index (χ1v) is 10.7. The van der Waals surface area contributed by atoms with Crippen LogP contribution in [0.1, 0.15) is 22.7 Å². The number of Topliss-reactive ketones (excluding diaryl/α,β-unsaturated/α-hetero) is 1. The standard InChI is InChI=1S/C27H25NO5/c1-18-11-13-19(14-12-18)25(29)23-24(28(15-16-32-2)27(31)26(23)30)20-7-6-10-22(17-20)33-21-8-4-3-5-9-21/h3-14,17,24,29H,15-16H2,1-2H3/b25-23+/t24-/m0/s1. The van der Waals surface area contributed by atoms with Crippen LogP contribution in [0.3, 0.4) is 0 Å². The Morgan fingerprint density at radius 3 is 2.33 bits per heavy atom. The van der Waals surface area contributed by atoms with Crippen molar-refractivity contribution in [1.29, 1.82) is 0 Å². The van der Waals surface area contributed by atoms with Crippen LogP contribution in [0.25, 0.3) is 5.76 Å². The topological polar surface area (TPSA) is 76.1 Å². The molecule has 0 spiro atoms. The van der Waals surface area contributed by atoms with Crippen LogP contribution in [-0.2, 0) is 14.3 Å². The minimum Gasteiger partial charge on any atom is -0.507 e. The fraction of sp³-hybridized carbons (Fsp3) is 0.185. The van der Waals surface area contributed by atoms with Crippen molar-refractivity contribution >= 4 is 17.4 Å². The lowest BCUT2D eigenvalue weighted by atomic mass is 9.95. The minimum atomic E-state index is -0.763. The molecule has 0 aromatic heterocycles. The van der Waals surface area contributed by atoms with Gasteiger partial charge >= 0.3 is 0 Å². The number of hydrogen-bond donors (Lipinski definition) is 1. The van der Waals surface area contributed by atoms with Crippen molar-refractivity contribution in [2.45, 2.75) is 13.0 Å². The number of para-hydroxylation sites is 1. The van der Waals surface area contributed by atoms with E-state index in [1.54, 1.807) is 30.3 Å². The zero-order chi connectivity index (χ0) is 23.4. The molecule has 0 bridgehead atoms. The number of aryl methyl sites for hydroxylation is 1. The SMILES string of the molecule is COCCN1C(=O)C(=O)/C(=C(/O)c2ccc(C)cc2)[C@@H]1c1cccc(Oc2ccccc2)c1. The first kappa shape index (κ1) is 22.3. The second-order valence-electron chi connectivity index (χ2n) is 7.84. The number of carbonyl (C=O) groups excluding carboxylic acids is 2. The second-order valence-corrected chi connectivity index (χ2v) is 7.84. The van der Waals surface area contributed by atoms with E-state index >= 15 is 0 Å². The molecule has 6 nitrogen and oxygen atoms in total. The highest BCUT2D eigenvalue weighted by atomic mass is 16.5. The molecule has 33 heavy (non-hydrogen) atoms. The molecule has 1 fully saturated rings. The van der Waals surface area contributed by atoms with E-state index in [0.717, 1.165) is 5.56 Å². The average Bonchev–Trinajstić information content (AvgIpc) is 3.08. The third-order valence-corrected chi connectivity index (χ3v) is 5.55. The summed E-state index contributed by atoms with van der Waals surface area (Å²) >= 11 is 0. The van der Waals surface area contributed by atoms with Gasteiger partial charge in [-0.1, -0.05) is 60.2 Å². The highest BCUT2D eigenvalue weighted by Crippen LogP contribution is 2.40. The summed E-state index contributed by atoms with van der Waals surface area (Å²) in [5, 5.41) is 11.1. The van der Waals surface area contributed by atoms with Crippen molar-refractivity contribution in [1.82, 2.24) is 4.90 Å². The third-order valence-electron chi connectivity index (χ3n) is 5.55. The van der Waals surface area contributed by atoms with Gasteiger partial charge in [-0.25, -0.2) is 0 Å². The van der Waals surface area contributed by atoms with E-state index in [1.165, 1.54) is 12.0 Å². The lowest BCUT2D eigenvalue weighted by Gasteiger charge is -2.25. The number of carbonyl (C=O) groups is 2. The normalized spacial score (nSPS) is 17.4. The molecule has 6 heteroatoms. The summed E-state index contributed by atoms with van der Waals surface area (Å²) in [6.07, 6.45) is 0. The molecule has 1 aliphatic heterocycles. The van der Waals surface area contributed by atoms with E-state index in [-0.39, 0.29) is 24.5 Å². The molecular formula is C27H25NO5. The summed E-state index contributed by atoms with van der Waals surface area (Å²) in [4.78, 5) is 27.4. The van der Waals surface area contributed by atoms with Gasteiger partial charge in [-0.05, 0) is 36.8 Å². The zero-order valence-electron chi connectivity index (χ0n) is 18.5. The molecule has 1 aliphatic rings. The number of likely N-dealkylation sites (tertiary alicyclic amines) is 1. The molecule has 3 aromatic carbocycles. The molecule has 0 aliphatic carbocycles. The van der Waals surface area contributed by atoms with Crippen LogP contribution < -0.4 is 4.74 Å². The van der Waals surface area contributed by atoms with Crippen LogP contribution in [0.4, 0.5) is 0 Å². The first-order valence-electron chi connectivity index (χ1n) is 10.7. The Bertz CT molecular complexity index is 1180. The maximum absolute atomic E-state index is 13.0. The number of aliphatic hydroxyl groups excluding tert-OH is 1. The molecule has 3 aromatic rings. The molecule has 1 N–H and O–H groups in total. The van der Waals surface area contributed by atoms with Gasteiger partial charge in [-0.3, -0.25) is 9.59 Å². The van der Waals surface area contributed by atoms with Crippen LogP contribution in [0.15, 0.2) is 84.4 Å². The summed E-state index contributed by atoms with van der Waals surface area (Å²) in [6.45, 7) is 2.40. The number of aliphatic hydroxyl groups is 1. The van der Waals surface area contributed by atoms with E-state index in [9.17, 15) is 14.7 Å². The van der Waals surface area contributed by atoms with Crippen LogP contribution >= 0.6 is 0 Å². The lowest BCUT2D eigenvalue weighted by Crippen LogP contribution is -2.32. The third kappa shape index (κ3) is 4.66. The van der Waals surface area contributed by atoms with Crippen molar-refractivity contribution in [2.75, 3.05) is 20.3 Å². The Morgan fingerprint density at radius 1 is 0.939 bits per heavy atom. The number of hydrogen-bond acceptors (Lipinski definition) is 5. The van der Waals surface area contributed by atoms with E-state index in [1.807, 2.05) is 55.5 Å². The summed E-state index contributed by atoms with van der Waals surface area (Å²) in [5.74, 6) is -0.356. The van der Waals surface area contributed by atoms with Crippen LogP contribution in [0.2, 0.25) is 0 Å². The lowest BCUT2D eigenvalue weighted by molar-refractivity contribution is -0.140. The molecular weight excluding hydrogens is 418 g/mol. The average molecular weight is 443 g/mol. The number of amides is 1. The van der Waals surface area contributed by atoms with Crippen molar-refractivity contribution < 1.29 is 24.2 Å². The molecule has 168 valence electrons. The Morgan fingerprint density at radius 2 is 1.64 bits per heavy atom. The van der Waals surface area contributed by atoms with Crippen LogP contribution in [0, 0.1) is 6.92 Å². The maximum Gasteiger partial charge on any atom is 0.295 e. The number of ketones is 1. The van der Waals surface area contributed by atoms with Gasteiger partial charge in [0.15, 0.2) is 0 Å². The molecule has 1 amide bonds. The number of rotatable bonds is 7. The van der Waals surface area contributed by atoms with Crippen molar-refractivity contribution in [3.8, 4) is 11.5 Å². The van der Waals surface area contributed by atoms with Gasteiger partial charge in [0.05, 0.1) is 18.2 Å². The van der Waals surface area contributed by atoms with E-state index in [4.69, 9.17) is 9.47 Å². The second kappa shape index (κ2) is 9.71. The molecule has 0 unspecified atom stereocenters. The molecule has 0 saturated carbocycles. The Kier molecular flexibility index (Phi) is 6.56. The maximum atomic E-state index is 13.0. The van der Waals surface area contributed by atoms with Crippen molar-refractivity contribution in [2.24, 2.45) is 0 Å². The molecule has 4 rings (SSSR count). The Labute approximate surface area is 192 Å². The van der Waals surface area contributed by atoms with E-state index < -0.39 is 17.7 Å². The predicted molar refractivity (Wildman–Crippen MR) is 125 cm³/mol. The summed E-state index contributed by atoms with van der Waals surface area (Å²) < 4.78 is 11.1. The highest BCUT2D eigenvalue weighted by Gasteiger charge is 2.46. The summed E-state index contributed by atoms with van der Waals surface area (Å²) in [5.41, 5.74) is 2.21. The quantitative estimate of drug-likeness (QED) is 0.321. The van der Waals surface area contributed by atoms with Gasteiger partial charge in [0.2, 0.25) is 0 Å². The molecule has 1 heterocycles. The van der Waals surface area contributed by atoms with Gasteiger partial charge in [0, 0.05) is 19.2 Å². The van der Waals surface area contributed by atoms with Crippen LogP contribution in [-0.4, -0.2) is 42.0 Å². The number of nitrogens with zero attached hydrogens (tertiary/aromatic N) is 1. The van der Waals surface area contributed by atoms with Gasteiger partial charge in [0.25, 0.3) is 11.7 Å². The summed E-state index contributed by atoms with van der Waals surface area (Å²) in [6, 6.07) is 22.9. The number of benzene rings is 3. The largest absolute Gasteiger partial charge is 0.507 e. The Hall–Kier alpha value is -3.90. The van der Waals surface area contributed by atoms with E-state index in [0.29, 0.717) is 22.6 Å². The van der Waals surface area contributed by atoms with Gasteiger partial charge < -0.3 is 19.5 Å². The molecule has 1 saturated heterocycles. The fourth-order valence-electron chi connectivity index (χ4n) is 3.89. The first-order chi connectivity index (χ1) is 16.0. The van der Waals surface area contributed by atoms with Gasteiger partial charge in [-0.15, -0.1) is 0 Å². The minimum absolute atomic E-state index is 0.0526. The fourth-order valence-corrected chi connectivity index (χ4v) is 3.89. The smallest absolute Gasteiger partial charge is 0.295 e. The van der Waals surface area contributed by atoms with E-state index in [2.05, 4.69) is 0 Å². The summed E-state index contributed by atoms with van der Waals surface area (Å²) in [7, 11) is 1.53. The van der Waals surface area contributed by atoms with Gasteiger partial charge in [0.1, 0.15) is 17.3 Å². The Balaban J connectivity index is 1.79. The number of ether oxygens (including phenoxy) is 2. The van der Waals surface area contributed by atoms with Crippen molar-refractivity contribution in [3.05, 3.63) is 101 Å². The number of methoxy groups -OCH3 is 1. The van der Waals surface area contributed by atoms with Gasteiger partial charge in [-0.2, -0.15) is 0 Å². The molecule has 1 atom stereocenters. The zero-order valence-corrected chi connectivity index (χ0v) is 18.5. The van der Waals surface area contributed by atoms with Crippen LogP contribution in [0.5, 0.6) is 11.5 Å². The highest BCUT2D eigenvalue weighted by molar-refractivity contribution is 6.46. The molecule has 0 radical (unpaired) electrons.